The van der Waals surface area contributed by atoms with Crippen LogP contribution < -0.4 is 10.2 Å². The zero-order valence-corrected chi connectivity index (χ0v) is 12.5. The van der Waals surface area contributed by atoms with E-state index < -0.39 is 12.1 Å². The lowest BCUT2D eigenvalue weighted by molar-refractivity contribution is 0.0450. The molecule has 2 aromatic rings. The number of ether oxygens (including phenoxy) is 2. The predicted octanol–water partition coefficient (Wildman–Crippen LogP) is 2.65. The summed E-state index contributed by atoms with van der Waals surface area (Å²) < 4.78 is 15.9. The highest BCUT2D eigenvalue weighted by molar-refractivity contribution is 5.96. The van der Waals surface area contributed by atoms with Crippen molar-refractivity contribution >= 4 is 12.0 Å². The molecule has 2 heterocycles. The third-order valence-electron chi connectivity index (χ3n) is 3.55. The van der Waals surface area contributed by atoms with Crippen LogP contribution in [0.15, 0.2) is 39.7 Å². The van der Waals surface area contributed by atoms with Crippen molar-refractivity contribution in [1.29, 1.82) is 0 Å². The summed E-state index contributed by atoms with van der Waals surface area (Å²) in [5.74, 6) is -0.0685. The Kier molecular flexibility index (Phi) is 3.65. The summed E-state index contributed by atoms with van der Waals surface area (Å²) >= 11 is 0. The van der Waals surface area contributed by atoms with Gasteiger partial charge in [0.25, 0.3) is 0 Å². The summed E-state index contributed by atoms with van der Waals surface area (Å²) in [6, 6.07) is 3.98. The van der Waals surface area contributed by atoms with Crippen LogP contribution in [0.2, 0.25) is 0 Å². The Morgan fingerprint density at radius 3 is 2.70 bits per heavy atom. The minimum atomic E-state index is -0.927. The second kappa shape index (κ2) is 5.64. The zero-order valence-electron chi connectivity index (χ0n) is 12.5. The Labute approximate surface area is 131 Å². The van der Waals surface area contributed by atoms with Crippen LogP contribution in [0, 0.1) is 0 Å². The molecule has 1 aromatic heterocycles. The van der Waals surface area contributed by atoms with E-state index in [1.807, 2.05) is 0 Å². The molecule has 3 rings (SSSR count). The van der Waals surface area contributed by atoms with Gasteiger partial charge in [-0.1, -0.05) is 6.08 Å². The number of aromatic hydroxyl groups is 1. The fourth-order valence-corrected chi connectivity index (χ4v) is 2.55. The normalized spacial score (nSPS) is 16.4. The predicted molar refractivity (Wildman–Crippen MR) is 81.6 cm³/mol. The maximum atomic E-state index is 12.3. The third kappa shape index (κ3) is 2.48. The first-order valence-electron chi connectivity index (χ1n) is 6.92. The number of allylic oxidation sites excluding steroid dienone is 1. The summed E-state index contributed by atoms with van der Waals surface area (Å²) in [4.78, 5) is 24.3. The Morgan fingerprint density at radius 2 is 2.04 bits per heavy atom. The molecule has 0 saturated heterocycles. The van der Waals surface area contributed by atoms with Crippen molar-refractivity contribution in [3.63, 3.8) is 0 Å². The van der Waals surface area contributed by atoms with Crippen LogP contribution in [0.1, 0.15) is 40.3 Å². The Morgan fingerprint density at radius 1 is 1.26 bits per heavy atom. The molecular formula is C17H14O6. The van der Waals surface area contributed by atoms with Gasteiger partial charge in [-0.25, -0.2) is 4.79 Å². The topological polar surface area (TPSA) is 86.0 Å². The smallest absolute Gasteiger partial charge is 0.339 e. The van der Waals surface area contributed by atoms with Gasteiger partial charge in [0.15, 0.2) is 11.5 Å². The second-order valence-corrected chi connectivity index (χ2v) is 5.00. The molecule has 1 N–H and O–H groups in total. The Hall–Kier alpha value is -3.02. The summed E-state index contributed by atoms with van der Waals surface area (Å²) in [5, 5.41) is 9.66. The van der Waals surface area contributed by atoms with E-state index in [9.17, 15) is 14.7 Å². The van der Waals surface area contributed by atoms with Crippen molar-refractivity contribution in [2.45, 2.75) is 13.0 Å². The molecule has 0 aliphatic carbocycles. The summed E-state index contributed by atoms with van der Waals surface area (Å²) in [7, 11) is 1.41. The Bertz CT molecular complexity index is 862. The SMILES string of the molecule is C/C=C/c1cc(=O)c([C@H]2OC(=O)c3cc(O)cc(OC)c32)co1. The highest BCUT2D eigenvalue weighted by Gasteiger charge is 2.37. The van der Waals surface area contributed by atoms with E-state index in [0.717, 1.165) is 0 Å². The number of carbonyl (C=O) groups is 1. The summed E-state index contributed by atoms with van der Waals surface area (Å²) in [6.07, 6.45) is 3.74. The van der Waals surface area contributed by atoms with Crippen LogP contribution in [-0.2, 0) is 4.74 Å². The number of hydrogen-bond acceptors (Lipinski definition) is 6. The van der Waals surface area contributed by atoms with Crippen molar-refractivity contribution in [1.82, 2.24) is 0 Å². The lowest BCUT2D eigenvalue weighted by Gasteiger charge is -2.13. The molecule has 1 aliphatic heterocycles. The molecule has 0 spiro atoms. The van der Waals surface area contributed by atoms with Crippen molar-refractivity contribution in [2.24, 2.45) is 0 Å². The van der Waals surface area contributed by atoms with Crippen LogP contribution in [0.25, 0.3) is 6.08 Å². The fourth-order valence-electron chi connectivity index (χ4n) is 2.55. The lowest BCUT2D eigenvalue weighted by Crippen LogP contribution is -2.14. The molecule has 0 unspecified atom stereocenters. The molecule has 0 saturated carbocycles. The standard InChI is InChI=1S/C17H14O6/c1-3-4-10-7-13(19)12(8-22-10)16-15-11(17(20)23-16)5-9(18)6-14(15)21-2/h3-8,16,18H,1-2H3/b4-3+/t16-/m1/s1. The third-order valence-corrected chi connectivity index (χ3v) is 3.55. The van der Waals surface area contributed by atoms with Gasteiger partial charge in [0, 0.05) is 12.1 Å². The molecule has 6 nitrogen and oxygen atoms in total. The van der Waals surface area contributed by atoms with Crippen molar-refractivity contribution in [3.05, 3.63) is 63.2 Å². The van der Waals surface area contributed by atoms with Gasteiger partial charge in [-0.15, -0.1) is 0 Å². The molecule has 0 amide bonds. The first kappa shape index (κ1) is 14.9. The first-order chi connectivity index (χ1) is 11.0. The van der Waals surface area contributed by atoms with Crippen LogP contribution in [0.3, 0.4) is 0 Å². The van der Waals surface area contributed by atoms with Gasteiger partial charge in [-0.3, -0.25) is 4.79 Å². The first-order valence-corrected chi connectivity index (χ1v) is 6.92. The van der Waals surface area contributed by atoms with E-state index in [1.165, 1.54) is 31.6 Å². The lowest BCUT2D eigenvalue weighted by atomic mass is 9.98. The second-order valence-electron chi connectivity index (χ2n) is 5.00. The molecule has 23 heavy (non-hydrogen) atoms. The number of rotatable bonds is 3. The maximum absolute atomic E-state index is 12.3. The van der Waals surface area contributed by atoms with E-state index >= 15 is 0 Å². The molecule has 0 radical (unpaired) electrons. The number of fused-ring (bicyclic) bond motifs is 1. The van der Waals surface area contributed by atoms with E-state index in [4.69, 9.17) is 13.9 Å². The van der Waals surface area contributed by atoms with E-state index in [1.54, 1.807) is 19.1 Å². The largest absolute Gasteiger partial charge is 0.508 e. The highest BCUT2D eigenvalue weighted by atomic mass is 16.6. The molecular weight excluding hydrogens is 300 g/mol. The molecule has 0 fully saturated rings. The fraction of sp³-hybridized carbons (Fsp3) is 0.176. The number of carbonyl (C=O) groups excluding carboxylic acids is 1. The van der Waals surface area contributed by atoms with Crippen molar-refractivity contribution < 1.29 is 23.8 Å². The molecule has 1 atom stereocenters. The number of phenolic OH excluding ortho intramolecular Hbond substituents is 1. The maximum Gasteiger partial charge on any atom is 0.339 e. The van der Waals surface area contributed by atoms with Crippen molar-refractivity contribution in [2.75, 3.05) is 7.11 Å². The highest BCUT2D eigenvalue weighted by Crippen LogP contribution is 2.42. The van der Waals surface area contributed by atoms with Gasteiger partial charge in [-0.2, -0.15) is 0 Å². The van der Waals surface area contributed by atoms with Crippen LogP contribution in [0.5, 0.6) is 11.5 Å². The van der Waals surface area contributed by atoms with Gasteiger partial charge >= 0.3 is 5.97 Å². The minimum absolute atomic E-state index is 0.117. The van der Waals surface area contributed by atoms with Gasteiger partial charge < -0.3 is 19.0 Å². The van der Waals surface area contributed by atoms with E-state index in [2.05, 4.69) is 0 Å². The molecule has 1 aromatic carbocycles. The van der Waals surface area contributed by atoms with Crippen LogP contribution >= 0.6 is 0 Å². The molecule has 1 aliphatic rings. The zero-order chi connectivity index (χ0) is 16.6. The number of cyclic esters (lactones) is 1. The number of benzene rings is 1. The van der Waals surface area contributed by atoms with Gasteiger partial charge in [0.05, 0.1) is 23.8 Å². The van der Waals surface area contributed by atoms with Gasteiger partial charge in [0.1, 0.15) is 23.5 Å². The Balaban J connectivity index is 2.15. The molecule has 6 heteroatoms. The summed E-state index contributed by atoms with van der Waals surface area (Å²) in [5.41, 5.74) is 0.449. The number of methoxy groups -OCH3 is 1. The van der Waals surface area contributed by atoms with Gasteiger partial charge in [0.2, 0.25) is 0 Å². The quantitative estimate of drug-likeness (QED) is 0.877. The molecule has 0 bridgehead atoms. The summed E-state index contributed by atoms with van der Waals surface area (Å²) in [6.45, 7) is 1.81. The average molecular weight is 314 g/mol. The number of esters is 1. The number of phenols is 1. The van der Waals surface area contributed by atoms with E-state index in [0.29, 0.717) is 11.3 Å². The van der Waals surface area contributed by atoms with Gasteiger partial charge in [-0.05, 0) is 19.1 Å². The minimum Gasteiger partial charge on any atom is -0.508 e. The van der Waals surface area contributed by atoms with Crippen LogP contribution in [0.4, 0.5) is 0 Å². The van der Waals surface area contributed by atoms with Crippen molar-refractivity contribution in [3.8, 4) is 11.5 Å². The number of hydrogen-bond donors (Lipinski definition) is 1. The average Bonchev–Trinajstić information content (AvgIpc) is 2.84. The van der Waals surface area contributed by atoms with E-state index in [-0.39, 0.29) is 28.1 Å². The van der Waals surface area contributed by atoms with Crippen LogP contribution in [-0.4, -0.2) is 18.2 Å². The molecule has 118 valence electrons. The monoisotopic (exact) mass is 314 g/mol.